The van der Waals surface area contributed by atoms with Crippen LogP contribution in [0.15, 0.2) is 0 Å². The highest BCUT2D eigenvalue weighted by Crippen LogP contribution is 2.17. The van der Waals surface area contributed by atoms with Gasteiger partial charge in [-0.25, -0.2) is 0 Å². The van der Waals surface area contributed by atoms with Gasteiger partial charge < -0.3 is 5.32 Å². The van der Waals surface area contributed by atoms with Gasteiger partial charge in [0.2, 0.25) is 0 Å². The molecule has 0 spiro atoms. The molecular formula is C9H19IN2. The van der Waals surface area contributed by atoms with Crippen LogP contribution in [-0.2, 0) is 0 Å². The van der Waals surface area contributed by atoms with E-state index in [0.717, 1.165) is 6.04 Å². The summed E-state index contributed by atoms with van der Waals surface area (Å²) in [6.45, 7) is 5.08. The summed E-state index contributed by atoms with van der Waals surface area (Å²) >= 11 is 2.15. The highest BCUT2D eigenvalue weighted by Gasteiger charge is 2.23. The third-order valence-electron chi connectivity index (χ3n) is 2.70. The van der Waals surface area contributed by atoms with Crippen LogP contribution in [0.5, 0.6) is 0 Å². The Bertz CT molecular complexity index is 93.1. The molecule has 0 radical (unpaired) electrons. The maximum absolute atomic E-state index is 3.44. The molecule has 2 saturated heterocycles. The zero-order chi connectivity index (χ0) is 8.81. The van der Waals surface area contributed by atoms with E-state index in [1.165, 1.54) is 45.4 Å². The molecule has 2 rings (SSSR count). The van der Waals surface area contributed by atoms with Crippen LogP contribution >= 0.6 is 22.6 Å². The van der Waals surface area contributed by atoms with E-state index in [1.807, 2.05) is 4.93 Å². The first-order valence-electron chi connectivity index (χ1n) is 4.79. The van der Waals surface area contributed by atoms with Gasteiger partial charge in [-0.05, 0) is 24.3 Å². The second kappa shape index (κ2) is 6.16. The van der Waals surface area contributed by atoms with Crippen molar-refractivity contribution in [2.45, 2.75) is 25.3 Å². The van der Waals surface area contributed by atoms with Gasteiger partial charge in [0.15, 0.2) is 0 Å². The summed E-state index contributed by atoms with van der Waals surface area (Å²) < 4.78 is 0. The first kappa shape index (κ1) is 10.7. The molecule has 0 amide bonds. The van der Waals surface area contributed by atoms with Crippen molar-refractivity contribution in [2.75, 3.05) is 31.1 Å². The largest absolute Gasteiger partial charge is 0.314 e. The molecule has 1 atom stereocenters. The molecule has 0 bridgehead atoms. The van der Waals surface area contributed by atoms with Gasteiger partial charge in [-0.3, -0.25) is 4.90 Å². The van der Waals surface area contributed by atoms with Crippen LogP contribution in [-0.4, -0.2) is 42.1 Å². The summed E-state index contributed by atoms with van der Waals surface area (Å²) in [5, 5.41) is 3.44. The minimum atomic E-state index is 0.877. The van der Waals surface area contributed by atoms with E-state index in [9.17, 15) is 0 Å². The molecule has 0 aromatic carbocycles. The standard InChI is InChI=1S/C8H16N2.CH3I/c1-2-5-10-6-4-9-7-8(10)3-1;1-2/h8-9H,1-7H2;1H3/t8-;/m1./s1. The molecule has 2 aliphatic rings. The van der Waals surface area contributed by atoms with Crippen LogP contribution in [0.3, 0.4) is 0 Å². The van der Waals surface area contributed by atoms with Gasteiger partial charge in [0, 0.05) is 25.7 Å². The van der Waals surface area contributed by atoms with E-state index >= 15 is 0 Å². The highest BCUT2D eigenvalue weighted by molar-refractivity contribution is 14.1. The molecule has 2 heterocycles. The van der Waals surface area contributed by atoms with Crippen LogP contribution < -0.4 is 5.32 Å². The first-order valence-corrected chi connectivity index (χ1v) is 6.95. The topological polar surface area (TPSA) is 15.3 Å². The fourth-order valence-corrected chi connectivity index (χ4v) is 2.08. The highest BCUT2D eigenvalue weighted by atomic mass is 127. The number of nitrogens with one attached hydrogen (secondary N) is 1. The molecule has 1 N–H and O–H groups in total. The number of hydrogen-bond donors (Lipinski definition) is 1. The van der Waals surface area contributed by atoms with Crippen molar-refractivity contribution in [3.05, 3.63) is 0 Å². The summed E-state index contributed by atoms with van der Waals surface area (Å²) in [4.78, 5) is 4.61. The SMILES string of the molecule is C1CCN2CCNC[C@H]2C1.CI. The Labute approximate surface area is 89.2 Å². The molecule has 0 aromatic heterocycles. The number of hydrogen-bond acceptors (Lipinski definition) is 2. The average molecular weight is 282 g/mol. The maximum Gasteiger partial charge on any atom is 0.0221 e. The van der Waals surface area contributed by atoms with Crippen molar-refractivity contribution in [1.29, 1.82) is 0 Å². The van der Waals surface area contributed by atoms with Gasteiger partial charge in [-0.15, -0.1) is 0 Å². The quantitative estimate of drug-likeness (QED) is 0.535. The van der Waals surface area contributed by atoms with Crippen LogP contribution in [0.4, 0.5) is 0 Å². The Morgan fingerprint density at radius 1 is 1.25 bits per heavy atom. The lowest BCUT2D eigenvalue weighted by molar-refractivity contribution is 0.121. The third kappa shape index (κ3) is 2.85. The van der Waals surface area contributed by atoms with Gasteiger partial charge in [-0.2, -0.15) is 0 Å². The Morgan fingerprint density at radius 3 is 2.83 bits per heavy atom. The smallest absolute Gasteiger partial charge is 0.0221 e. The number of piperidine rings is 1. The summed E-state index contributed by atoms with van der Waals surface area (Å²) in [5.74, 6) is 0. The molecule has 12 heavy (non-hydrogen) atoms. The second-order valence-corrected chi connectivity index (χ2v) is 3.39. The van der Waals surface area contributed by atoms with E-state index in [4.69, 9.17) is 0 Å². The van der Waals surface area contributed by atoms with Crippen LogP contribution in [0.25, 0.3) is 0 Å². The fourth-order valence-electron chi connectivity index (χ4n) is 2.08. The van der Waals surface area contributed by atoms with Gasteiger partial charge >= 0.3 is 0 Å². The van der Waals surface area contributed by atoms with Crippen molar-refractivity contribution in [2.24, 2.45) is 0 Å². The zero-order valence-electron chi connectivity index (χ0n) is 7.85. The third-order valence-corrected chi connectivity index (χ3v) is 2.70. The lowest BCUT2D eigenvalue weighted by atomic mass is 10.0. The van der Waals surface area contributed by atoms with E-state index in [-0.39, 0.29) is 0 Å². The minimum absolute atomic E-state index is 0.877. The number of halogens is 1. The van der Waals surface area contributed by atoms with Crippen molar-refractivity contribution in [1.82, 2.24) is 10.2 Å². The molecule has 2 nitrogen and oxygen atoms in total. The molecule has 72 valence electrons. The number of rotatable bonds is 0. The molecule has 0 saturated carbocycles. The van der Waals surface area contributed by atoms with Crippen LogP contribution in [0, 0.1) is 0 Å². The Balaban J connectivity index is 0.000000336. The molecule has 0 unspecified atom stereocenters. The predicted molar refractivity (Wildman–Crippen MR) is 62.0 cm³/mol. The molecule has 0 aliphatic carbocycles. The van der Waals surface area contributed by atoms with Crippen LogP contribution in [0.2, 0.25) is 0 Å². The van der Waals surface area contributed by atoms with Crippen molar-refractivity contribution >= 4 is 22.6 Å². The van der Waals surface area contributed by atoms with E-state index in [0.29, 0.717) is 0 Å². The number of piperazine rings is 1. The molecular weight excluding hydrogens is 263 g/mol. The summed E-state index contributed by atoms with van der Waals surface area (Å²) in [5.41, 5.74) is 0. The van der Waals surface area contributed by atoms with E-state index in [1.54, 1.807) is 0 Å². The number of fused-ring (bicyclic) bond motifs is 1. The Morgan fingerprint density at radius 2 is 2.08 bits per heavy atom. The van der Waals surface area contributed by atoms with Crippen molar-refractivity contribution < 1.29 is 0 Å². The van der Waals surface area contributed by atoms with E-state index in [2.05, 4.69) is 32.8 Å². The summed E-state index contributed by atoms with van der Waals surface area (Å²) in [7, 11) is 0. The van der Waals surface area contributed by atoms with Crippen LogP contribution in [0.1, 0.15) is 19.3 Å². The fraction of sp³-hybridized carbons (Fsp3) is 1.00. The average Bonchev–Trinajstić information content (AvgIpc) is 2.21. The molecule has 3 heteroatoms. The Kier molecular flexibility index (Phi) is 5.50. The van der Waals surface area contributed by atoms with Crippen molar-refractivity contribution in [3.63, 3.8) is 0 Å². The van der Waals surface area contributed by atoms with Crippen molar-refractivity contribution in [3.8, 4) is 0 Å². The normalized spacial score (nSPS) is 30.0. The monoisotopic (exact) mass is 282 g/mol. The lowest BCUT2D eigenvalue weighted by Gasteiger charge is -2.39. The van der Waals surface area contributed by atoms with Gasteiger partial charge in [-0.1, -0.05) is 29.0 Å². The number of alkyl halides is 1. The second-order valence-electron chi connectivity index (χ2n) is 3.39. The Hall–Kier alpha value is 0.650. The zero-order valence-corrected chi connectivity index (χ0v) is 10.0. The lowest BCUT2D eigenvalue weighted by Crippen LogP contribution is -2.53. The predicted octanol–water partition coefficient (Wildman–Crippen LogP) is 1.50. The molecule has 0 aromatic rings. The van der Waals surface area contributed by atoms with E-state index < -0.39 is 0 Å². The van der Waals surface area contributed by atoms with Gasteiger partial charge in [0.05, 0.1) is 0 Å². The molecule has 2 fully saturated rings. The maximum atomic E-state index is 3.44. The molecule has 2 aliphatic heterocycles. The van der Waals surface area contributed by atoms with Gasteiger partial charge in [0.25, 0.3) is 0 Å². The summed E-state index contributed by atoms with van der Waals surface area (Å²) in [6.07, 6.45) is 4.30. The number of nitrogens with zero attached hydrogens (tertiary/aromatic N) is 1. The van der Waals surface area contributed by atoms with Gasteiger partial charge in [0.1, 0.15) is 0 Å². The minimum Gasteiger partial charge on any atom is -0.314 e. The summed E-state index contributed by atoms with van der Waals surface area (Å²) in [6, 6.07) is 0.877. The first-order chi connectivity index (χ1) is 5.97.